The molecule has 4 nitrogen and oxygen atoms in total. The molecule has 0 radical (unpaired) electrons. The zero-order chi connectivity index (χ0) is 14.8. The zero-order valence-corrected chi connectivity index (χ0v) is 12.5. The van der Waals surface area contributed by atoms with Crippen LogP contribution in [0, 0.1) is 11.8 Å². The molecule has 1 N–H and O–H groups in total. The summed E-state index contributed by atoms with van der Waals surface area (Å²) in [6, 6.07) is 8.10. The average Bonchev–Trinajstić information content (AvgIpc) is 3.32. The minimum Gasteiger partial charge on any atom is -0.356 e. The van der Waals surface area contributed by atoms with Gasteiger partial charge < -0.3 is 10.2 Å². The number of fused-ring (bicyclic) bond motifs is 1. The van der Waals surface area contributed by atoms with Crippen LogP contribution in [-0.2, 0) is 16.0 Å². The van der Waals surface area contributed by atoms with Crippen LogP contribution in [0.3, 0.4) is 0 Å². The normalized spacial score (nSPS) is 23.4. The number of nitrogens with one attached hydrogen (secondary N) is 1. The quantitative estimate of drug-likeness (QED) is 0.922. The molecule has 1 fully saturated rings. The van der Waals surface area contributed by atoms with Gasteiger partial charge in [0.15, 0.2) is 0 Å². The number of anilines is 1. The molecule has 2 unspecified atom stereocenters. The first-order valence-corrected chi connectivity index (χ1v) is 7.89. The minimum atomic E-state index is -0.118. The molecule has 4 heteroatoms. The minimum absolute atomic E-state index is 0.0421. The largest absolute Gasteiger partial charge is 0.356 e. The van der Waals surface area contributed by atoms with Crippen LogP contribution < -0.4 is 10.2 Å². The Morgan fingerprint density at radius 2 is 2.10 bits per heavy atom. The number of carbonyl (C=O) groups excluding carboxylic acids is 2. The van der Waals surface area contributed by atoms with Gasteiger partial charge in [-0.1, -0.05) is 25.1 Å². The van der Waals surface area contributed by atoms with Gasteiger partial charge in [-0.25, -0.2) is 0 Å². The molecule has 0 aromatic heterocycles. The molecule has 1 heterocycles. The van der Waals surface area contributed by atoms with E-state index in [9.17, 15) is 9.59 Å². The fourth-order valence-electron chi connectivity index (χ4n) is 3.10. The molecular weight excluding hydrogens is 264 g/mol. The Hall–Kier alpha value is -1.84. The summed E-state index contributed by atoms with van der Waals surface area (Å²) in [6.45, 7) is 3.50. The lowest BCUT2D eigenvalue weighted by Gasteiger charge is -2.29. The summed E-state index contributed by atoms with van der Waals surface area (Å²) in [5, 5.41) is 2.89. The van der Waals surface area contributed by atoms with Gasteiger partial charge in [-0.3, -0.25) is 9.59 Å². The van der Waals surface area contributed by atoms with Crippen molar-refractivity contribution in [3.8, 4) is 0 Å². The number of amides is 2. The van der Waals surface area contributed by atoms with E-state index in [1.165, 1.54) is 5.56 Å². The maximum Gasteiger partial charge on any atom is 0.230 e. The number of benzene rings is 1. The Morgan fingerprint density at radius 3 is 2.90 bits per heavy atom. The van der Waals surface area contributed by atoms with Crippen molar-refractivity contribution in [3.05, 3.63) is 29.8 Å². The fourth-order valence-corrected chi connectivity index (χ4v) is 3.10. The predicted molar refractivity (Wildman–Crippen MR) is 82.0 cm³/mol. The van der Waals surface area contributed by atoms with Crippen molar-refractivity contribution in [3.63, 3.8) is 0 Å². The van der Waals surface area contributed by atoms with Crippen LogP contribution in [0.15, 0.2) is 24.3 Å². The highest BCUT2D eigenvalue weighted by Gasteiger charge is 2.49. The van der Waals surface area contributed by atoms with Gasteiger partial charge in [-0.15, -0.1) is 0 Å². The summed E-state index contributed by atoms with van der Waals surface area (Å²) in [5.41, 5.74) is 2.28. The smallest absolute Gasteiger partial charge is 0.230 e. The molecule has 1 aromatic carbocycles. The highest BCUT2D eigenvalue weighted by Crippen LogP contribution is 2.42. The van der Waals surface area contributed by atoms with Crippen LogP contribution in [0.2, 0.25) is 0 Å². The van der Waals surface area contributed by atoms with Gasteiger partial charge in [0.25, 0.3) is 0 Å². The maximum absolute atomic E-state index is 12.7. The van der Waals surface area contributed by atoms with Gasteiger partial charge in [-0.2, -0.15) is 0 Å². The molecular formula is C17H22N2O2. The third kappa shape index (κ3) is 2.80. The Kier molecular flexibility index (Phi) is 3.95. The molecule has 0 bridgehead atoms. The van der Waals surface area contributed by atoms with Crippen molar-refractivity contribution < 1.29 is 9.59 Å². The second kappa shape index (κ2) is 5.88. The van der Waals surface area contributed by atoms with Crippen molar-refractivity contribution in [2.24, 2.45) is 11.8 Å². The molecule has 1 aliphatic carbocycles. The van der Waals surface area contributed by atoms with Gasteiger partial charge in [0.05, 0.1) is 11.8 Å². The van der Waals surface area contributed by atoms with E-state index in [1.807, 2.05) is 30.0 Å². The van der Waals surface area contributed by atoms with Crippen LogP contribution in [0.25, 0.3) is 0 Å². The molecule has 112 valence electrons. The van der Waals surface area contributed by atoms with Gasteiger partial charge >= 0.3 is 0 Å². The van der Waals surface area contributed by atoms with E-state index in [0.717, 1.165) is 31.5 Å². The molecule has 0 spiro atoms. The number of rotatable bonds is 4. The zero-order valence-electron chi connectivity index (χ0n) is 12.5. The highest BCUT2D eigenvalue weighted by atomic mass is 16.2. The first kappa shape index (κ1) is 14.1. The van der Waals surface area contributed by atoms with Crippen LogP contribution >= 0.6 is 0 Å². The van der Waals surface area contributed by atoms with E-state index in [2.05, 4.69) is 11.4 Å². The standard InChI is InChI=1S/C17H22N2O2/c1-2-9-18-16(20)13-11-14(13)17(21)19-10-5-7-12-6-3-4-8-15(12)19/h3-4,6,8,13-14H,2,5,7,9-11H2,1H3,(H,18,20). The van der Waals surface area contributed by atoms with Crippen LogP contribution in [-0.4, -0.2) is 24.9 Å². The number of nitrogens with zero attached hydrogens (tertiary/aromatic N) is 1. The second-order valence-electron chi connectivity index (χ2n) is 5.96. The van der Waals surface area contributed by atoms with Gasteiger partial charge in [0.2, 0.25) is 11.8 Å². The summed E-state index contributed by atoms with van der Waals surface area (Å²) in [5.74, 6) is -0.0644. The first-order chi connectivity index (χ1) is 10.2. The molecule has 2 atom stereocenters. The summed E-state index contributed by atoms with van der Waals surface area (Å²) >= 11 is 0. The van der Waals surface area contributed by atoms with Crippen molar-refractivity contribution in [2.45, 2.75) is 32.6 Å². The van der Waals surface area contributed by atoms with E-state index >= 15 is 0 Å². The summed E-state index contributed by atoms with van der Waals surface area (Å²) in [6.07, 6.45) is 3.66. The fraction of sp³-hybridized carbons (Fsp3) is 0.529. The highest BCUT2D eigenvalue weighted by molar-refractivity contribution is 6.01. The van der Waals surface area contributed by atoms with Crippen molar-refractivity contribution in [2.75, 3.05) is 18.0 Å². The van der Waals surface area contributed by atoms with E-state index in [0.29, 0.717) is 13.0 Å². The molecule has 3 rings (SSSR count). The topological polar surface area (TPSA) is 49.4 Å². The number of aryl methyl sites for hydroxylation is 1. The van der Waals surface area contributed by atoms with Crippen molar-refractivity contribution in [1.82, 2.24) is 5.32 Å². The molecule has 1 saturated carbocycles. The molecule has 2 aliphatic rings. The molecule has 21 heavy (non-hydrogen) atoms. The lowest BCUT2D eigenvalue weighted by Crippen LogP contribution is -2.38. The Labute approximate surface area is 125 Å². The maximum atomic E-state index is 12.7. The Balaban J connectivity index is 1.67. The van der Waals surface area contributed by atoms with E-state index in [1.54, 1.807) is 0 Å². The molecule has 1 aliphatic heterocycles. The summed E-state index contributed by atoms with van der Waals surface area (Å²) in [7, 11) is 0. The number of hydrogen-bond acceptors (Lipinski definition) is 2. The Bertz CT molecular complexity index is 555. The molecule has 1 aromatic rings. The number of hydrogen-bond donors (Lipinski definition) is 1. The molecule has 2 amide bonds. The van der Waals surface area contributed by atoms with E-state index in [4.69, 9.17) is 0 Å². The van der Waals surface area contributed by atoms with Gasteiger partial charge in [-0.05, 0) is 37.3 Å². The number of para-hydroxylation sites is 1. The third-order valence-electron chi connectivity index (χ3n) is 4.37. The Morgan fingerprint density at radius 1 is 1.29 bits per heavy atom. The molecule has 0 saturated heterocycles. The van der Waals surface area contributed by atoms with Crippen LogP contribution in [0.5, 0.6) is 0 Å². The van der Waals surface area contributed by atoms with E-state index in [-0.39, 0.29) is 23.7 Å². The van der Waals surface area contributed by atoms with Gasteiger partial charge in [0.1, 0.15) is 0 Å². The van der Waals surface area contributed by atoms with Crippen molar-refractivity contribution in [1.29, 1.82) is 0 Å². The van der Waals surface area contributed by atoms with Crippen LogP contribution in [0.1, 0.15) is 31.7 Å². The van der Waals surface area contributed by atoms with Crippen molar-refractivity contribution >= 4 is 17.5 Å². The summed E-state index contributed by atoms with van der Waals surface area (Å²) in [4.78, 5) is 26.5. The monoisotopic (exact) mass is 286 g/mol. The van der Waals surface area contributed by atoms with E-state index < -0.39 is 0 Å². The third-order valence-corrected chi connectivity index (χ3v) is 4.37. The SMILES string of the molecule is CCCNC(=O)C1CC1C(=O)N1CCCc2ccccc21. The average molecular weight is 286 g/mol. The van der Waals surface area contributed by atoms with Crippen LogP contribution in [0.4, 0.5) is 5.69 Å². The summed E-state index contributed by atoms with van der Waals surface area (Å²) < 4.78 is 0. The van der Waals surface area contributed by atoms with Gasteiger partial charge in [0, 0.05) is 18.8 Å². The first-order valence-electron chi connectivity index (χ1n) is 7.89. The predicted octanol–water partition coefficient (Wildman–Crippen LogP) is 2.13. The lowest BCUT2D eigenvalue weighted by molar-refractivity contribution is -0.126. The second-order valence-corrected chi connectivity index (χ2v) is 5.96. The number of carbonyl (C=O) groups is 2. The lowest BCUT2D eigenvalue weighted by atomic mass is 10.0.